The first kappa shape index (κ1) is 14.3. The van der Waals surface area contributed by atoms with Gasteiger partial charge in [0, 0.05) is 24.0 Å². The van der Waals surface area contributed by atoms with Gasteiger partial charge < -0.3 is 15.6 Å². The van der Waals surface area contributed by atoms with Crippen LogP contribution in [0.3, 0.4) is 0 Å². The average Bonchev–Trinajstić information content (AvgIpc) is 2.32. The number of anilines is 1. The quantitative estimate of drug-likeness (QED) is 0.819. The van der Waals surface area contributed by atoms with Gasteiger partial charge in [0.05, 0.1) is 0 Å². The molecule has 0 aliphatic carbocycles. The first-order chi connectivity index (χ1) is 8.43. The number of aromatic nitrogens is 1. The number of pyridine rings is 1. The van der Waals surface area contributed by atoms with Crippen molar-refractivity contribution in [3.63, 3.8) is 0 Å². The molecule has 0 fully saturated rings. The van der Waals surface area contributed by atoms with Crippen LogP contribution in [0, 0.1) is 5.92 Å². The van der Waals surface area contributed by atoms with Crippen molar-refractivity contribution in [1.82, 2.24) is 9.88 Å². The van der Waals surface area contributed by atoms with Crippen molar-refractivity contribution in [2.45, 2.75) is 39.8 Å². The highest BCUT2D eigenvalue weighted by Crippen LogP contribution is 2.06. The summed E-state index contributed by atoms with van der Waals surface area (Å²) in [5, 5.41) is 2.89. The van der Waals surface area contributed by atoms with Crippen molar-refractivity contribution in [1.29, 1.82) is 0 Å². The molecule has 5 heteroatoms. The van der Waals surface area contributed by atoms with Crippen LogP contribution in [0.1, 0.15) is 27.2 Å². The molecule has 0 saturated carbocycles. The largest absolute Gasteiger partial charge is 0.398 e. The summed E-state index contributed by atoms with van der Waals surface area (Å²) >= 11 is 0. The molecule has 5 nitrogen and oxygen atoms in total. The van der Waals surface area contributed by atoms with Crippen LogP contribution in [0.4, 0.5) is 5.69 Å². The molecular formula is C13H21N3O2. The predicted octanol–water partition coefficient (Wildman–Crippen LogP) is 0.981. The minimum absolute atomic E-state index is 0.00461. The molecule has 0 radical (unpaired) electrons. The molecule has 0 aliphatic rings. The number of hydrogen-bond donors (Lipinski definition) is 2. The van der Waals surface area contributed by atoms with Gasteiger partial charge in [0.1, 0.15) is 6.54 Å². The van der Waals surface area contributed by atoms with Crippen LogP contribution in [0.5, 0.6) is 0 Å². The van der Waals surface area contributed by atoms with Gasteiger partial charge in [0.2, 0.25) is 5.91 Å². The van der Waals surface area contributed by atoms with E-state index in [1.807, 2.05) is 6.92 Å². The monoisotopic (exact) mass is 251 g/mol. The summed E-state index contributed by atoms with van der Waals surface area (Å²) in [4.78, 5) is 23.3. The third-order valence-corrected chi connectivity index (χ3v) is 3.21. The van der Waals surface area contributed by atoms with Crippen LogP contribution in [-0.2, 0) is 11.3 Å². The van der Waals surface area contributed by atoms with Crippen LogP contribution in [0.25, 0.3) is 0 Å². The fourth-order valence-corrected chi connectivity index (χ4v) is 1.62. The van der Waals surface area contributed by atoms with Gasteiger partial charge in [0.15, 0.2) is 0 Å². The molecule has 2 unspecified atom stereocenters. The van der Waals surface area contributed by atoms with E-state index in [0.717, 1.165) is 6.42 Å². The number of carbonyl (C=O) groups is 1. The molecule has 0 aliphatic heterocycles. The summed E-state index contributed by atoms with van der Waals surface area (Å²) in [5.74, 6) is 0.238. The van der Waals surface area contributed by atoms with E-state index in [1.54, 1.807) is 0 Å². The summed E-state index contributed by atoms with van der Waals surface area (Å²) in [5.41, 5.74) is 5.83. The van der Waals surface area contributed by atoms with Gasteiger partial charge in [-0.1, -0.05) is 20.3 Å². The number of hydrogen-bond acceptors (Lipinski definition) is 3. The van der Waals surface area contributed by atoms with Crippen molar-refractivity contribution >= 4 is 11.6 Å². The van der Waals surface area contributed by atoms with Gasteiger partial charge in [0.25, 0.3) is 5.56 Å². The zero-order chi connectivity index (χ0) is 13.7. The number of rotatable bonds is 5. The van der Waals surface area contributed by atoms with Crippen LogP contribution in [0.15, 0.2) is 23.1 Å². The van der Waals surface area contributed by atoms with Crippen molar-refractivity contribution in [2.75, 3.05) is 5.73 Å². The molecular weight excluding hydrogens is 230 g/mol. The molecule has 2 atom stereocenters. The summed E-state index contributed by atoms with van der Waals surface area (Å²) in [6.45, 7) is 6.13. The standard InChI is InChI=1S/C13H21N3O2/c1-4-9(2)10(3)15-12(17)8-16-7-11(14)5-6-13(16)18/h5-7,9-10H,4,8,14H2,1-3H3,(H,15,17). The maximum absolute atomic E-state index is 11.8. The summed E-state index contributed by atoms with van der Waals surface area (Å²) in [6, 6.07) is 2.98. The number of nitrogens with zero attached hydrogens (tertiary/aromatic N) is 1. The Bertz CT molecular complexity index is 468. The first-order valence-corrected chi connectivity index (χ1v) is 6.19. The fourth-order valence-electron chi connectivity index (χ4n) is 1.62. The Morgan fingerprint density at radius 1 is 1.44 bits per heavy atom. The molecule has 1 aromatic rings. The number of amides is 1. The van der Waals surface area contributed by atoms with Gasteiger partial charge >= 0.3 is 0 Å². The fraction of sp³-hybridized carbons (Fsp3) is 0.538. The second-order valence-corrected chi connectivity index (χ2v) is 4.67. The third-order valence-electron chi connectivity index (χ3n) is 3.21. The molecule has 0 aromatic carbocycles. The predicted molar refractivity (Wildman–Crippen MR) is 72.2 cm³/mol. The Hall–Kier alpha value is -1.78. The third kappa shape index (κ3) is 3.91. The minimum Gasteiger partial charge on any atom is -0.398 e. The van der Waals surface area contributed by atoms with E-state index in [0.29, 0.717) is 11.6 Å². The van der Waals surface area contributed by atoms with Crippen LogP contribution in [-0.4, -0.2) is 16.5 Å². The lowest BCUT2D eigenvalue weighted by molar-refractivity contribution is -0.122. The lowest BCUT2D eigenvalue weighted by Gasteiger charge is -2.20. The number of nitrogens with one attached hydrogen (secondary N) is 1. The van der Waals surface area contributed by atoms with E-state index in [9.17, 15) is 9.59 Å². The van der Waals surface area contributed by atoms with Crippen molar-refractivity contribution in [3.8, 4) is 0 Å². The second-order valence-electron chi connectivity index (χ2n) is 4.67. The molecule has 1 aromatic heterocycles. The van der Waals surface area contributed by atoms with Crippen molar-refractivity contribution in [3.05, 3.63) is 28.7 Å². The molecule has 0 spiro atoms. The van der Waals surface area contributed by atoms with Gasteiger partial charge in [-0.25, -0.2) is 0 Å². The lowest BCUT2D eigenvalue weighted by Crippen LogP contribution is -2.40. The lowest BCUT2D eigenvalue weighted by atomic mass is 10.0. The normalized spacial score (nSPS) is 13.9. The highest BCUT2D eigenvalue weighted by Gasteiger charge is 2.13. The molecule has 0 bridgehead atoms. The average molecular weight is 251 g/mol. The zero-order valence-electron chi connectivity index (χ0n) is 11.1. The smallest absolute Gasteiger partial charge is 0.251 e. The zero-order valence-corrected chi connectivity index (χ0v) is 11.1. The molecule has 1 heterocycles. The Kier molecular flexibility index (Phi) is 4.95. The maximum atomic E-state index is 11.8. The Labute approximate surface area is 107 Å². The van der Waals surface area contributed by atoms with Crippen molar-refractivity contribution < 1.29 is 4.79 Å². The molecule has 100 valence electrons. The number of nitrogens with two attached hydrogens (primary N) is 1. The second kappa shape index (κ2) is 6.23. The van der Waals surface area contributed by atoms with Crippen LogP contribution < -0.4 is 16.6 Å². The van der Waals surface area contributed by atoms with Gasteiger partial charge in [-0.3, -0.25) is 9.59 Å². The Morgan fingerprint density at radius 3 is 2.72 bits per heavy atom. The molecule has 0 saturated heterocycles. The van der Waals surface area contributed by atoms with E-state index in [2.05, 4.69) is 19.2 Å². The van der Waals surface area contributed by atoms with Gasteiger partial charge in [-0.05, 0) is 18.9 Å². The molecule has 1 amide bonds. The summed E-state index contributed by atoms with van der Waals surface area (Å²) < 4.78 is 1.31. The Balaban J connectivity index is 2.65. The van der Waals surface area contributed by atoms with E-state index < -0.39 is 0 Å². The minimum atomic E-state index is -0.226. The highest BCUT2D eigenvalue weighted by molar-refractivity contribution is 5.76. The van der Waals surface area contributed by atoms with Crippen molar-refractivity contribution in [2.24, 2.45) is 5.92 Å². The maximum Gasteiger partial charge on any atom is 0.251 e. The van der Waals surface area contributed by atoms with Crippen LogP contribution >= 0.6 is 0 Å². The molecule has 1 rings (SSSR count). The summed E-state index contributed by atoms with van der Waals surface area (Å²) in [7, 11) is 0. The van der Waals surface area contributed by atoms with E-state index in [-0.39, 0.29) is 24.1 Å². The summed E-state index contributed by atoms with van der Waals surface area (Å²) in [6.07, 6.45) is 2.48. The van der Waals surface area contributed by atoms with E-state index in [1.165, 1.54) is 22.9 Å². The van der Waals surface area contributed by atoms with Gasteiger partial charge in [-0.15, -0.1) is 0 Å². The topological polar surface area (TPSA) is 77.1 Å². The first-order valence-electron chi connectivity index (χ1n) is 6.19. The number of carbonyl (C=O) groups excluding carboxylic acids is 1. The SMILES string of the molecule is CCC(C)C(C)NC(=O)Cn1cc(N)ccc1=O. The van der Waals surface area contributed by atoms with E-state index in [4.69, 9.17) is 5.73 Å². The highest BCUT2D eigenvalue weighted by atomic mass is 16.2. The molecule has 18 heavy (non-hydrogen) atoms. The van der Waals surface area contributed by atoms with Crippen LogP contribution in [0.2, 0.25) is 0 Å². The van der Waals surface area contributed by atoms with Gasteiger partial charge in [-0.2, -0.15) is 0 Å². The van der Waals surface area contributed by atoms with E-state index >= 15 is 0 Å². The molecule has 3 N–H and O–H groups in total. The Morgan fingerprint density at radius 2 is 2.11 bits per heavy atom. The number of nitrogen functional groups attached to an aromatic ring is 1.